The minimum absolute atomic E-state index is 0.116. The molecule has 0 bridgehead atoms. The molecule has 0 saturated heterocycles. The van der Waals surface area contributed by atoms with Gasteiger partial charge >= 0.3 is 0 Å². The molecule has 5 rings (SSSR count). The van der Waals surface area contributed by atoms with Crippen LogP contribution in [0, 0.1) is 28.6 Å². The molecule has 0 amide bonds. The number of hydrogen-bond acceptors (Lipinski definition) is 2. The summed E-state index contributed by atoms with van der Waals surface area (Å²) in [4.78, 5) is 11.9. The van der Waals surface area contributed by atoms with E-state index in [9.17, 15) is 4.79 Å². The van der Waals surface area contributed by atoms with Gasteiger partial charge in [0.1, 0.15) is 6.10 Å². The highest BCUT2D eigenvalue weighted by atomic mass is 16.5. The van der Waals surface area contributed by atoms with Gasteiger partial charge < -0.3 is 4.74 Å². The molecule has 0 spiro atoms. The highest BCUT2D eigenvalue weighted by Crippen LogP contribution is 2.65. The third kappa shape index (κ3) is 2.33. The van der Waals surface area contributed by atoms with Crippen LogP contribution < -0.4 is 0 Å². The van der Waals surface area contributed by atoms with E-state index in [4.69, 9.17) is 4.74 Å². The summed E-state index contributed by atoms with van der Waals surface area (Å²) in [6, 6.07) is 0. The van der Waals surface area contributed by atoms with Gasteiger partial charge in [-0.2, -0.15) is 0 Å². The topological polar surface area (TPSA) is 26.3 Å². The van der Waals surface area contributed by atoms with Crippen LogP contribution in [0.15, 0.2) is 35.6 Å². The van der Waals surface area contributed by atoms with Gasteiger partial charge in [-0.25, -0.2) is 0 Å². The van der Waals surface area contributed by atoms with Crippen molar-refractivity contribution >= 4 is 5.78 Å². The van der Waals surface area contributed by atoms with Crippen molar-refractivity contribution in [2.75, 3.05) is 0 Å². The van der Waals surface area contributed by atoms with Crippen molar-refractivity contribution < 1.29 is 9.53 Å². The Morgan fingerprint density at radius 2 is 1.96 bits per heavy atom. The van der Waals surface area contributed by atoms with Crippen molar-refractivity contribution in [3.63, 3.8) is 0 Å². The van der Waals surface area contributed by atoms with Crippen LogP contribution in [0.5, 0.6) is 0 Å². The second-order valence-corrected chi connectivity index (χ2v) is 9.89. The highest BCUT2D eigenvalue weighted by Gasteiger charge is 2.59. The first-order chi connectivity index (χ1) is 12.5. The molecule has 5 aliphatic rings. The molecule has 0 aliphatic heterocycles. The van der Waals surface area contributed by atoms with Gasteiger partial charge in [0.15, 0.2) is 5.78 Å². The molecule has 2 nitrogen and oxygen atoms in total. The molecule has 5 aliphatic carbocycles. The molecule has 0 heterocycles. The lowest BCUT2D eigenvalue weighted by Gasteiger charge is -2.56. The van der Waals surface area contributed by atoms with Crippen molar-refractivity contribution in [3.8, 4) is 0 Å². The van der Waals surface area contributed by atoms with Gasteiger partial charge in [-0.05, 0) is 87.3 Å². The van der Waals surface area contributed by atoms with E-state index >= 15 is 0 Å². The van der Waals surface area contributed by atoms with Crippen molar-refractivity contribution in [1.82, 2.24) is 0 Å². The Labute approximate surface area is 157 Å². The molecule has 0 N–H and O–H groups in total. The zero-order valence-electron chi connectivity index (χ0n) is 16.3. The first kappa shape index (κ1) is 16.8. The summed E-state index contributed by atoms with van der Waals surface area (Å²) in [7, 11) is 0. The summed E-state index contributed by atoms with van der Waals surface area (Å²) in [5.41, 5.74) is 1.86. The number of allylic oxidation sites excluding steroid dienone is 6. The largest absolute Gasteiger partial charge is 0.495 e. The van der Waals surface area contributed by atoms with Gasteiger partial charge in [-0.15, -0.1) is 0 Å². The van der Waals surface area contributed by atoms with Gasteiger partial charge in [-0.1, -0.05) is 25.5 Å². The number of ether oxygens (including phenoxy) is 1. The highest BCUT2D eigenvalue weighted by molar-refractivity contribution is 6.01. The minimum atomic E-state index is 0.116. The summed E-state index contributed by atoms with van der Waals surface area (Å²) >= 11 is 0. The maximum Gasteiger partial charge on any atom is 0.178 e. The molecule has 0 aromatic rings. The lowest BCUT2D eigenvalue weighted by atomic mass is 9.48. The second-order valence-electron chi connectivity index (χ2n) is 9.89. The summed E-state index contributed by atoms with van der Waals surface area (Å²) < 4.78 is 6.56. The summed E-state index contributed by atoms with van der Waals surface area (Å²) in [6.07, 6.45) is 19.9. The van der Waals surface area contributed by atoms with E-state index in [0.29, 0.717) is 17.4 Å². The van der Waals surface area contributed by atoms with Crippen LogP contribution in [-0.4, -0.2) is 11.9 Å². The van der Waals surface area contributed by atoms with Gasteiger partial charge in [-0.3, -0.25) is 4.79 Å². The second kappa shape index (κ2) is 5.84. The van der Waals surface area contributed by atoms with E-state index < -0.39 is 0 Å². The zero-order chi connectivity index (χ0) is 17.9. The number of hydrogen-bond donors (Lipinski definition) is 0. The molecule has 0 aromatic heterocycles. The fourth-order valence-electron chi connectivity index (χ4n) is 7.27. The summed E-state index contributed by atoms with van der Waals surface area (Å²) in [6.45, 7) is 4.92. The molecule has 140 valence electrons. The maximum atomic E-state index is 11.9. The Morgan fingerprint density at radius 1 is 1.08 bits per heavy atom. The van der Waals surface area contributed by atoms with Crippen LogP contribution >= 0.6 is 0 Å². The molecular formula is C24H32O2. The number of fused-ring (bicyclic) bond motifs is 5. The van der Waals surface area contributed by atoms with E-state index in [2.05, 4.69) is 26.0 Å². The molecule has 3 saturated carbocycles. The molecule has 3 fully saturated rings. The van der Waals surface area contributed by atoms with Crippen LogP contribution in [-0.2, 0) is 9.53 Å². The SMILES string of the molecule is C[C@@]12CC[C@@H]3[C@H](CCC4=CC(=O)C=C[C@]43C)[C@H]1CC[C@H]2OC1=CCCC1. The average Bonchev–Trinajstić information content (AvgIpc) is 3.24. The standard InChI is InChI=1S/C24H32O2/c1-23-13-11-17(25)15-16(23)7-8-19-20-9-10-22(26-18-5-3-4-6-18)24(20,2)14-12-21(19)23/h5,11,13,15,19-22H,3-4,6-10,12,14H2,1-2H3/t19-,20-,21-,22-,23-,24-/m1/s1. The van der Waals surface area contributed by atoms with E-state index in [1.54, 1.807) is 0 Å². The molecule has 0 radical (unpaired) electrons. The van der Waals surface area contributed by atoms with E-state index in [0.717, 1.165) is 24.7 Å². The van der Waals surface area contributed by atoms with E-state index in [1.807, 2.05) is 12.2 Å². The predicted octanol–water partition coefficient (Wildman–Crippen LogP) is 5.75. The smallest absolute Gasteiger partial charge is 0.178 e. The molecule has 6 atom stereocenters. The van der Waals surface area contributed by atoms with Gasteiger partial charge in [0.2, 0.25) is 0 Å². The van der Waals surface area contributed by atoms with Gasteiger partial charge in [0.25, 0.3) is 0 Å². The molecule has 0 aromatic carbocycles. The summed E-state index contributed by atoms with van der Waals surface area (Å²) in [5.74, 6) is 3.75. The van der Waals surface area contributed by atoms with Crippen molar-refractivity contribution in [3.05, 3.63) is 35.6 Å². The lowest BCUT2D eigenvalue weighted by molar-refractivity contribution is -0.111. The van der Waals surface area contributed by atoms with E-state index in [1.165, 1.54) is 56.3 Å². The average molecular weight is 353 g/mol. The van der Waals surface area contributed by atoms with Gasteiger partial charge in [0, 0.05) is 17.3 Å². The number of carbonyl (C=O) groups excluding carboxylic acids is 1. The minimum Gasteiger partial charge on any atom is -0.495 e. The van der Waals surface area contributed by atoms with Crippen LogP contribution in [0.4, 0.5) is 0 Å². The van der Waals surface area contributed by atoms with Crippen molar-refractivity contribution in [1.29, 1.82) is 0 Å². The number of carbonyl (C=O) groups is 1. The van der Waals surface area contributed by atoms with Crippen LogP contribution in [0.1, 0.15) is 71.6 Å². The van der Waals surface area contributed by atoms with Crippen LogP contribution in [0.25, 0.3) is 0 Å². The Hall–Kier alpha value is -1.31. The monoisotopic (exact) mass is 352 g/mol. The Bertz CT molecular complexity index is 714. The predicted molar refractivity (Wildman–Crippen MR) is 103 cm³/mol. The van der Waals surface area contributed by atoms with E-state index in [-0.39, 0.29) is 11.2 Å². The number of ketones is 1. The van der Waals surface area contributed by atoms with Gasteiger partial charge in [0.05, 0.1) is 5.76 Å². The lowest BCUT2D eigenvalue weighted by Crippen LogP contribution is -2.50. The normalized spacial score (nSPS) is 46.9. The third-order valence-corrected chi connectivity index (χ3v) is 8.76. The molecule has 0 unspecified atom stereocenters. The van der Waals surface area contributed by atoms with Crippen LogP contribution in [0.2, 0.25) is 0 Å². The third-order valence-electron chi connectivity index (χ3n) is 8.76. The first-order valence-corrected chi connectivity index (χ1v) is 10.8. The Morgan fingerprint density at radius 3 is 2.77 bits per heavy atom. The fourth-order valence-corrected chi connectivity index (χ4v) is 7.27. The van der Waals surface area contributed by atoms with Crippen molar-refractivity contribution in [2.45, 2.75) is 77.7 Å². The fraction of sp³-hybridized carbons (Fsp3) is 0.708. The van der Waals surface area contributed by atoms with Crippen LogP contribution in [0.3, 0.4) is 0 Å². The quantitative estimate of drug-likeness (QED) is 0.633. The first-order valence-electron chi connectivity index (χ1n) is 10.8. The zero-order valence-corrected chi connectivity index (χ0v) is 16.3. The molecule has 26 heavy (non-hydrogen) atoms. The molecular weight excluding hydrogens is 320 g/mol. The molecule has 2 heteroatoms. The van der Waals surface area contributed by atoms with Crippen molar-refractivity contribution in [2.24, 2.45) is 28.6 Å². The summed E-state index contributed by atoms with van der Waals surface area (Å²) in [5, 5.41) is 0. The number of rotatable bonds is 2. The Kier molecular flexibility index (Phi) is 3.78. The Balaban J connectivity index is 1.40. The maximum absolute atomic E-state index is 11.9.